The van der Waals surface area contributed by atoms with Gasteiger partial charge in [0.15, 0.2) is 0 Å². The Hall–Kier alpha value is -1.58. The highest BCUT2D eigenvalue weighted by molar-refractivity contribution is 5.89. The Morgan fingerprint density at radius 1 is 1.42 bits per heavy atom. The Morgan fingerprint density at radius 3 is 2.79 bits per heavy atom. The quantitative estimate of drug-likeness (QED) is 0.782. The van der Waals surface area contributed by atoms with Gasteiger partial charge in [-0.05, 0) is 45.2 Å². The van der Waals surface area contributed by atoms with Crippen LogP contribution < -0.4 is 4.90 Å². The number of esters is 1. The molecule has 1 saturated heterocycles. The predicted molar refractivity (Wildman–Crippen MR) is 75.4 cm³/mol. The normalized spacial score (nSPS) is 22.6. The van der Waals surface area contributed by atoms with E-state index in [9.17, 15) is 4.79 Å². The number of anilines is 1. The molecule has 0 amide bonds. The first-order valence-electron chi connectivity index (χ1n) is 7.08. The second-order valence-electron chi connectivity index (χ2n) is 5.02. The summed E-state index contributed by atoms with van der Waals surface area (Å²) in [6.07, 6.45) is 5.18. The number of carbonyl (C=O) groups is 1. The zero-order valence-corrected chi connectivity index (χ0v) is 11.9. The van der Waals surface area contributed by atoms with Gasteiger partial charge in [-0.3, -0.25) is 0 Å². The summed E-state index contributed by atoms with van der Waals surface area (Å²) < 4.78 is 4.96. The highest BCUT2D eigenvalue weighted by Crippen LogP contribution is 2.30. The van der Waals surface area contributed by atoms with Gasteiger partial charge in [-0.25, -0.2) is 9.78 Å². The van der Waals surface area contributed by atoms with Crippen molar-refractivity contribution in [3.8, 4) is 0 Å². The second-order valence-corrected chi connectivity index (χ2v) is 5.02. The maximum absolute atomic E-state index is 11.6. The lowest BCUT2D eigenvalue weighted by Crippen LogP contribution is -2.34. The van der Waals surface area contributed by atoms with Crippen molar-refractivity contribution in [2.75, 3.05) is 11.5 Å². The summed E-state index contributed by atoms with van der Waals surface area (Å²) in [5.41, 5.74) is 0.519. The van der Waals surface area contributed by atoms with Gasteiger partial charge in [0.25, 0.3) is 0 Å². The number of hydrogen-bond acceptors (Lipinski definition) is 4. The van der Waals surface area contributed by atoms with Crippen LogP contribution in [-0.4, -0.2) is 29.6 Å². The molecule has 1 aliphatic heterocycles. The molecule has 0 aromatic carbocycles. The number of carbonyl (C=O) groups excluding carboxylic acids is 1. The molecule has 0 radical (unpaired) electrons. The molecule has 4 heteroatoms. The summed E-state index contributed by atoms with van der Waals surface area (Å²) in [6.45, 7) is 6.64. The van der Waals surface area contributed by atoms with E-state index in [1.54, 1.807) is 19.2 Å². The summed E-state index contributed by atoms with van der Waals surface area (Å²) in [5.74, 6) is 0.660. The number of hydrogen-bond donors (Lipinski definition) is 0. The molecule has 19 heavy (non-hydrogen) atoms. The molecule has 1 aliphatic rings. The van der Waals surface area contributed by atoms with E-state index >= 15 is 0 Å². The minimum Gasteiger partial charge on any atom is -0.462 e. The van der Waals surface area contributed by atoms with E-state index in [4.69, 9.17) is 4.74 Å². The zero-order valence-electron chi connectivity index (χ0n) is 11.9. The zero-order chi connectivity index (χ0) is 13.8. The first-order chi connectivity index (χ1) is 9.17. The third kappa shape index (κ3) is 2.88. The van der Waals surface area contributed by atoms with E-state index in [1.165, 1.54) is 12.8 Å². The van der Waals surface area contributed by atoms with Crippen LogP contribution in [0.1, 0.15) is 50.4 Å². The molecule has 0 bridgehead atoms. The van der Waals surface area contributed by atoms with Crippen molar-refractivity contribution in [1.29, 1.82) is 0 Å². The fourth-order valence-electron chi connectivity index (χ4n) is 2.76. The number of nitrogens with zero attached hydrogens (tertiary/aromatic N) is 2. The van der Waals surface area contributed by atoms with E-state index in [0.717, 1.165) is 12.2 Å². The van der Waals surface area contributed by atoms with Crippen LogP contribution in [0, 0.1) is 0 Å². The van der Waals surface area contributed by atoms with Gasteiger partial charge in [-0.2, -0.15) is 0 Å². The first-order valence-corrected chi connectivity index (χ1v) is 7.08. The van der Waals surface area contributed by atoms with Gasteiger partial charge in [0.05, 0.1) is 12.2 Å². The predicted octanol–water partition coefficient (Wildman–Crippen LogP) is 3.03. The standard InChI is InChI=1S/C15H22N2O2/c1-4-13-8-6-11(3)17(13)14-9-7-12(10-16-14)15(18)19-5-2/h7,9-11,13H,4-6,8H2,1-3H3. The molecule has 104 valence electrons. The fraction of sp³-hybridized carbons (Fsp3) is 0.600. The van der Waals surface area contributed by atoms with Crippen molar-refractivity contribution in [2.24, 2.45) is 0 Å². The van der Waals surface area contributed by atoms with Gasteiger partial charge in [0.2, 0.25) is 0 Å². The number of aromatic nitrogens is 1. The molecule has 1 fully saturated rings. The van der Waals surface area contributed by atoms with Crippen LogP contribution in [0.25, 0.3) is 0 Å². The smallest absolute Gasteiger partial charge is 0.339 e. The average molecular weight is 262 g/mol. The molecule has 0 aliphatic carbocycles. The lowest BCUT2D eigenvalue weighted by molar-refractivity contribution is 0.0526. The number of ether oxygens (including phenoxy) is 1. The van der Waals surface area contributed by atoms with Crippen LogP contribution in [0.2, 0.25) is 0 Å². The highest BCUT2D eigenvalue weighted by Gasteiger charge is 2.30. The molecule has 1 aromatic heterocycles. The van der Waals surface area contributed by atoms with E-state index < -0.39 is 0 Å². The molecule has 4 nitrogen and oxygen atoms in total. The molecule has 2 heterocycles. The van der Waals surface area contributed by atoms with Crippen molar-refractivity contribution in [3.63, 3.8) is 0 Å². The molecule has 2 atom stereocenters. The third-order valence-corrected chi connectivity index (χ3v) is 3.78. The maximum Gasteiger partial charge on any atom is 0.339 e. The Balaban J connectivity index is 2.15. The Morgan fingerprint density at radius 2 is 2.21 bits per heavy atom. The van der Waals surface area contributed by atoms with Gasteiger partial charge < -0.3 is 9.64 Å². The van der Waals surface area contributed by atoms with Crippen molar-refractivity contribution in [1.82, 2.24) is 4.98 Å². The molecular weight excluding hydrogens is 240 g/mol. The SMILES string of the molecule is CCOC(=O)c1ccc(N2C(C)CCC2CC)nc1. The van der Waals surface area contributed by atoms with Crippen molar-refractivity contribution < 1.29 is 9.53 Å². The molecule has 0 N–H and O–H groups in total. The van der Waals surface area contributed by atoms with Gasteiger partial charge in [-0.1, -0.05) is 6.92 Å². The summed E-state index contributed by atoms with van der Waals surface area (Å²) in [6, 6.07) is 4.82. The van der Waals surface area contributed by atoms with Crippen molar-refractivity contribution in [3.05, 3.63) is 23.9 Å². The highest BCUT2D eigenvalue weighted by atomic mass is 16.5. The Labute approximate surface area is 114 Å². The maximum atomic E-state index is 11.6. The minimum atomic E-state index is -0.303. The summed E-state index contributed by atoms with van der Waals surface area (Å²) in [4.78, 5) is 18.4. The molecule has 2 rings (SSSR count). The Kier molecular flexibility index (Phi) is 4.40. The fourth-order valence-corrected chi connectivity index (χ4v) is 2.76. The molecular formula is C15H22N2O2. The summed E-state index contributed by atoms with van der Waals surface area (Å²) >= 11 is 0. The molecule has 0 spiro atoms. The second kappa shape index (κ2) is 6.04. The van der Waals surface area contributed by atoms with Gasteiger partial charge in [-0.15, -0.1) is 0 Å². The van der Waals surface area contributed by atoms with Gasteiger partial charge in [0.1, 0.15) is 5.82 Å². The van der Waals surface area contributed by atoms with Gasteiger partial charge >= 0.3 is 5.97 Å². The third-order valence-electron chi connectivity index (χ3n) is 3.78. The molecule has 1 aromatic rings. The van der Waals surface area contributed by atoms with Crippen molar-refractivity contribution >= 4 is 11.8 Å². The minimum absolute atomic E-state index is 0.303. The topological polar surface area (TPSA) is 42.4 Å². The molecule has 2 unspecified atom stereocenters. The van der Waals surface area contributed by atoms with E-state index in [0.29, 0.717) is 24.3 Å². The van der Waals surface area contributed by atoms with Crippen LogP contribution in [0.4, 0.5) is 5.82 Å². The Bertz CT molecular complexity index is 430. The molecule has 0 saturated carbocycles. The van der Waals surface area contributed by atoms with Crippen LogP contribution in [0.3, 0.4) is 0 Å². The van der Waals surface area contributed by atoms with E-state index in [1.807, 2.05) is 6.07 Å². The van der Waals surface area contributed by atoms with Gasteiger partial charge in [0, 0.05) is 18.3 Å². The van der Waals surface area contributed by atoms with Crippen LogP contribution >= 0.6 is 0 Å². The first kappa shape index (κ1) is 13.8. The number of pyridine rings is 1. The lowest BCUT2D eigenvalue weighted by atomic mass is 10.1. The van der Waals surface area contributed by atoms with E-state index in [-0.39, 0.29) is 5.97 Å². The summed E-state index contributed by atoms with van der Waals surface area (Å²) in [7, 11) is 0. The van der Waals surface area contributed by atoms with Crippen LogP contribution in [0.15, 0.2) is 18.3 Å². The van der Waals surface area contributed by atoms with Crippen molar-refractivity contribution in [2.45, 2.75) is 52.1 Å². The monoisotopic (exact) mass is 262 g/mol. The van der Waals surface area contributed by atoms with Crippen LogP contribution in [0.5, 0.6) is 0 Å². The summed E-state index contributed by atoms with van der Waals surface area (Å²) in [5, 5.41) is 0. The number of rotatable bonds is 4. The average Bonchev–Trinajstić information content (AvgIpc) is 2.80. The van der Waals surface area contributed by atoms with Crippen LogP contribution in [-0.2, 0) is 4.74 Å². The largest absolute Gasteiger partial charge is 0.462 e. The lowest BCUT2D eigenvalue weighted by Gasteiger charge is -2.29. The van der Waals surface area contributed by atoms with E-state index in [2.05, 4.69) is 23.7 Å².